The average molecular weight is 436 g/mol. The van der Waals surface area contributed by atoms with Crippen LogP contribution in [0.1, 0.15) is 30.9 Å². The van der Waals surface area contributed by atoms with E-state index in [0.717, 1.165) is 67.5 Å². The van der Waals surface area contributed by atoms with Crippen molar-refractivity contribution in [2.45, 2.75) is 38.9 Å². The van der Waals surface area contributed by atoms with Crippen LogP contribution in [0.4, 0.5) is 4.39 Å². The minimum atomic E-state index is -0.184. The summed E-state index contributed by atoms with van der Waals surface area (Å²) in [6.45, 7) is 6.35. The van der Waals surface area contributed by atoms with E-state index in [4.69, 9.17) is 4.99 Å². The maximum absolute atomic E-state index is 13.1. The summed E-state index contributed by atoms with van der Waals surface area (Å²) in [4.78, 5) is 11.4. The third kappa shape index (κ3) is 6.13. The minimum Gasteiger partial charge on any atom is -0.357 e. The molecule has 4 rings (SSSR count). The SMILES string of the molecule is CCNC(=NCc1cccc(-c2ncn[nH]2)c1)NC1CCN(Cc2ccc(F)cc2)CC1. The van der Waals surface area contributed by atoms with Gasteiger partial charge in [-0.2, -0.15) is 5.10 Å². The van der Waals surface area contributed by atoms with Crippen LogP contribution in [-0.4, -0.2) is 51.7 Å². The van der Waals surface area contributed by atoms with Gasteiger partial charge in [0.15, 0.2) is 11.8 Å². The van der Waals surface area contributed by atoms with Gasteiger partial charge in [-0.05, 0) is 49.1 Å². The molecule has 3 aromatic rings. The summed E-state index contributed by atoms with van der Waals surface area (Å²) in [5, 5.41) is 13.8. The lowest BCUT2D eigenvalue weighted by Crippen LogP contribution is -2.48. The molecule has 1 aliphatic heterocycles. The molecule has 1 fully saturated rings. The molecule has 0 aliphatic carbocycles. The Labute approximate surface area is 188 Å². The Morgan fingerprint density at radius 3 is 2.69 bits per heavy atom. The standard InChI is InChI=1S/C24H30FN7/c1-2-26-24(27-15-19-4-3-5-20(14-19)23-28-17-29-31-23)30-22-10-12-32(13-11-22)16-18-6-8-21(25)9-7-18/h3-9,14,17,22H,2,10-13,15-16H2,1H3,(H2,26,27,30)(H,28,29,31). The quantitative estimate of drug-likeness (QED) is 0.392. The van der Waals surface area contributed by atoms with Crippen LogP contribution in [-0.2, 0) is 13.1 Å². The maximum atomic E-state index is 13.1. The summed E-state index contributed by atoms with van der Waals surface area (Å²) in [7, 11) is 0. The minimum absolute atomic E-state index is 0.184. The molecule has 2 aromatic carbocycles. The number of likely N-dealkylation sites (tertiary alicyclic amines) is 1. The van der Waals surface area contributed by atoms with Crippen LogP contribution in [0.5, 0.6) is 0 Å². The van der Waals surface area contributed by atoms with Gasteiger partial charge in [0.05, 0.1) is 6.54 Å². The van der Waals surface area contributed by atoms with Crippen molar-refractivity contribution in [3.8, 4) is 11.4 Å². The molecule has 168 valence electrons. The zero-order valence-corrected chi connectivity index (χ0v) is 18.4. The van der Waals surface area contributed by atoms with E-state index in [0.29, 0.717) is 12.6 Å². The van der Waals surface area contributed by atoms with Gasteiger partial charge in [0.1, 0.15) is 12.1 Å². The molecule has 1 aromatic heterocycles. The largest absolute Gasteiger partial charge is 0.357 e. The van der Waals surface area contributed by atoms with E-state index < -0.39 is 0 Å². The lowest BCUT2D eigenvalue weighted by Gasteiger charge is -2.33. The summed E-state index contributed by atoms with van der Waals surface area (Å²) >= 11 is 0. The second kappa shape index (κ2) is 10.9. The number of benzene rings is 2. The Kier molecular flexibility index (Phi) is 7.45. The molecular weight excluding hydrogens is 405 g/mol. The van der Waals surface area contributed by atoms with Gasteiger partial charge in [0.25, 0.3) is 0 Å². The smallest absolute Gasteiger partial charge is 0.191 e. The molecule has 0 spiro atoms. The van der Waals surface area contributed by atoms with Crippen molar-refractivity contribution < 1.29 is 4.39 Å². The number of guanidine groups is 1. The highest BCUT2D eigenvalue weighted by molar-refractivity contribution is 5.80. The van der Waals surface area contributed by atoms with Gasteiger partial charge in [0, 0.05) is 37.8 Å². The van der Waals surface area contributed by atoms with Gasteiger partial charge in [-0.15, -0.1) is 0 Å². The summed E-state index contributed by atoms with van der Waals surface area (Å²) in [5.74, 6) is 1.42. The first-order chi connectivity index (χ1) is 15.7. The fraction of sp³-hybridized carbons (Fsp3) is 0.375. The predicted octanol–water partition coefficient (Wildman–Crippen LogP) is 3.33. The van der Waals surface area contributed by atoms with E-state index in [1.54, 1.807) is 0 Å². The number of rotatable bonds is 7. The fourth-order valence-electron chi connectivity index (χ4n) is 3.93. The van der Waals surface area contributed by atoms with Gasteiger partial charge >= 0.3 is 0 Å². The van der Waals surface area contributed by atoms with Crippen LogP contribution in [0, 0.1) is 5.82 Å². The molecule has 1 aliphatic rings. The molecular formula is C24H30FN7. The van der Waals surface area contributed by atoms with E-state index in [2.05, 4.69) is 49.8 Å². The fourth-order valence-corrected chi connectivity index (χ4v) is 3.93. The van der Waals surface area contributed by atoms with Crippen LogP contribution in [0.15, 0.2) is 59.9 Å². The van der Waals surface area contributed by atoms with Crippen LogP contribution in [0.2, 0.25) is 0 Å². The number of aromatic nitrogens is 3. The molecule has 2 heterocycles. The average Bonchev–Trinajstić information content (AvgIpc) is 3.36. The van der Waals surface area contributed by atoms with Crippen molar-refractivity contribution >= 4 is 5.96 Å². The summed E-state index contributed by atoms with van der Waals surface area (Å²) < 4.78 is 13.1. The first-order valence-electron chi connectivity index (χ1n) is 11.2. The van der Waals surface area contributed by atoms with Crippen LogP contribution in [0.25, 0.3) is 11.4 Å². The third-order valence-electron chi connectivity index (χ3n) is 5.63. The Balaban J connectivity index is 1.30. The Morgan fingerprint density at radius 1 is 1.16 bits per heavy atom. The van der Waals surface area contributed by atoms with Crippen LogP contribution >= 0.6 is 0 Å². The topological polar surface area (TPSA) is 81.2 Å². The lowest BCUT2D eigenvalue weighted by molar-refractivity contribution is 0.198. The number of H-pyrrole nitrogens is 1. The van der Waals surface area contributed by atoms with Gasteiger partial charge < -0.3 is 10.6 Å². The number of nitrogens with zero attached hydrogens (tertiary/aromatic N) is 4. The van der Waals surface area contributed by atoms with Crippen LogP contribution in [0.3, 0.4) is 0 Å². The second-order valence-electron chi connectivity index (χ2n) is 8.05. The molecule has 8 heteroatoms. The molecule has 0 radical (unpaired) electrons. The van der Waals surface area contributed by atoms with Gasteiger partial charge in [-0.25, -0.2) is 14.4 Å². The Hall–Kier alpha value is -3.26. The number of hydrogen-bond donors (Lipinski definition) is 3. The summed E-state index contributed by atoms with van der Waals surface area (Å²) in [5.41, 5.74) is 3.27. The van der Waals surface area contributed by atoms with E-state index >= 15 is 0 Å². The van der Waals surface area contributed by atoms with E-state index in [1.807, 2.05) is 24.3 Å². The van der Waals surface area contributed by atoms with E-state index in [1.165, 1.54) is 18.5 Å². The molecule has 0 unspecified atom stereocenters. The van der Waals surface area contributed by atoms with Crippen molar-refractivity contribution in [1.29, 1.82) is 0 Å². The van der Waals surface area contributed by atoms with Crippen molar-refractivity contribution in [3.63, 3.8) is 0 Å². The molecule has 32 heavy (non-hydrogen) atoms. The number of aromatic amines is 1. The van der Waals surface area contributed by atoms with Crippen molar-refractivity contribution in [2.75, 3.05) is 19.6 Å². The second-order valence-corrected chi connectivity index (χ2v) is 8.05. The normalized spacial score (nSPS) is 15.6. The van der Waals surface area contributed by atoms with Gasteiger partial charge in [0.2, 0.25) is 0 Å². The highest BCUT2D eigenvalue weighted by atomic mass is 19.1. The Morgan fingerprint density at radius 2 is 1.97 bits per heavy atom. The highest BCUT2D eigenvalue weighted by Crippen LogP contribution is 2.17. The molecule has 1 saturated heterocycles. The number of piperidine rings is 1. The zero-order valence-electron chi connectivity index (χ0n) is 18.4. The molecule has 3 N–H and O–H groups in total. The van der Waals surface area contributed by atoms with E-state index in [-0.39, 0.29) is 5.82 Å². The van der Waals surface area contributed by atoms with Gasteiger partial charge in [-0.1, -0.05) is 30.3 Å². The molecule has 7 nitrogen and oxygen atoms in total. The summed E-state index contributed by atoms with van der Waals surface area (Å²) in [6, 6.07) is 15.4. The van der Waals surface area contributed by atoms with Crippen molar-refractivity contribution in [1.82, 2.24) is 30.7 Å². The number of nitrogens with one attached hydrogen (secondary N) is 3. The predicted molar refractivity (Wildman–Crippen MR) is 124 cm³/mol. The third-order valence-corrected chi connectivity index (χ3v) is 5.63. The Bertz CT molecular complexity index is 993. The van der Waals surface area contributed by atoms with Gasteiger partial charge in [-0.3, -0.25) is 10.00 Å². The molecule has 0 amide bonds. The lowest BCUT2D eigenvalue weighted by atomic mass is 10.0. The molecule has 0 saturated carbocycles. The molecule has 0 atom stereocenters. The zero-order chi connectivity index (χ0) is 22.2. The van der Waals surface area contributed by atoms with Crippen molar-refractivity contribution in [2.24, 2.45) is 4.99 Å². The first kappa shape index (κ1) is 22.0. The first-order valence-corrected chi connectivity index (χ1v) is 11.2. The monoisotopic (exact) mass is 435 g/mol. The van der Waals surface area contributed by atoms with Crippen molar-refractivity contribution in [3.05, 3.63) is 71.8 Å². The number of aliphatic imine (C=N–C) groups is 1. The summed E-state index contributed by atoms with van der Waals surface area (Å²) in [6.07, 6.45) is 3.61. The van der Waals surface area contributed by atoms with Crippen LogP contribution < -0.4 is 10.6 Å². The maximum Gasteiger partial charge on any atom is 0.191 e. The van der Waals surface area contributed by atoms with E-state index in [9.17, 15) is 4.39 Å². The number of halogens is 1. The highest BCUT2D eigenvalue weighted by Gasteiger charge is 2.20. The molecule has 0 bridgehead atoms. The number of hydrogen-bond acceptors (Lipinski definition) is 4.